The molecule has 1 fully saturated rings. The highest BCUT2D eigenvalue weighted by molar-refractivity contribution is 6.08. The summed E-state index contributed by atoms with van der Waals surface area (Å²) in [5, 5.41) is 29.3. The molecule has 1 aliphatic heterocycles. The first-order valence-electron chi connectivity index (χ1n) is 11.5. The van der Waals surface area contributed by atoms with Crippen molar-refractivity contribution >= 4 is 28.8 Å². The number of allylic oxidation sites excluding steroid dienone is 1. The first-order valence-corrected chi connectivity index (χ1v) is 11.5. The van der Waals surface area contributed by atoms with E-state index >= 15 is 0 Å². The largest absolute Gasteiger partial charge is 0.269 e. The molecular formula is C27H24N4O4. The van der Waals surface area contributed by atoms with Gasteiger partial charge in [-0.25, -0.2) is 0 Å². The van der Waals surface area contributed by atoms with Crippen LogP contribution in [0.3, 0.4) is 0 Å². The number of fused-ring (bicyclic) bond motifs is 1. The predicted molar refractivity (Wildman–Crippen MR) is 135 cm³/mol. The monoisotopic (exact) mass is 468 g/mol. The molecular weight excluding hydrogens is 444 g/mol. The van der Waals surface area contributed by atoms with Crippen molar-refractivity contribution in [3.63, 3.8) is 0 Å². The average molecular weight is 469 g/mol. The minimum Gasteiger partial charge on any atom is -0.258 e. The molecule has 5 rings (SSSR count). The second kappa shape index (κ2) is 9.13. The smallest absolute Gasteiger partial charge is 0.258 e. The summed E-state index contributed by atoms with van der Waals surface area (Å²) in [6.45, 7) is 2.22. The van der Waals surface area contributed by atoms with Crippen molar-refractivity contribution in [2.75, 3.05) is 5.01 Å². The third-order valence-electron chi connectivity index (χ3n) is 6.68. The van der Waals surface area contributed by atoms with Gasteiger partial charge in [-0.2, -0.15) is 5.10 Å². The molecule has 3 atom stereocenters. The lowest BCUT2D eigenvalue weighted by Crippen LogP contribution is -2.30. The standard InChI is InChI=1S/C27H24N4O4/c1-18-15-21(17-19-7-11-23(12-8-19)30(32)33)26-25(16-18)27(20-9-13-24(14-10-20)31(34)35)29(28-26)22-5-3-2-4-6-22/h2-14,17-18,25,27H,15-16H2,1H3/b21-17-/t18-,25+,27-/m1/s1. The van der Waals surface area contributed by atoms with Gasteiger partial charge in [0.2, 0.25) is 0 Å². The van der Waals surface area contributed by atoms with Crippen LogP contribution >= 0.6 is 0 Å². The minimum atomic E-state index is -0.400. The zero-order valence-electron chi connectivity index (χ0n) is 19.2. The third kappa shape index (κ3) is 4.42. The van der Waals surface area contributed by atoms with E-state index in [0.29, 0.717) is 5.92 Å². The Kier molecular flexibility index (Phi) is 5.86. The molecule has 0 spiro atoms. The summed E-state index contributed by atoms with van der Waals surface area (Å²) in [4.78, 5) is 21.4. The fraction of sp³-hybridized carbons (Fsp3) is 0.222. The maximum atomic E-state index is 11.2. The van der Waals surface area contributed by atoms with Crippen LogP contribution in [0.2, 0.25) is 0 Å². The molecule has 176 valence electrons. The highest BCUT2D eigenvalue weighted by Crippen LogP contribution is 2.47. The lowest BCUT2D eigenvalue weighted by Gasteiger charge is -2.33. The molecule has 35 heavy (non-hydrogen) atoms. The number of para-hydroxylation sites is 1. The summed E-state index contributed by atoms with van der Waals surface area (Å²) in [7, 11) is 0. The van der Waals surface area contributed by atoms with E-state index < -0.39 is 4.92 Å². The van der Waals surface area contributed by atoms with Crippen LogP contribution in [0.4, 0.5) is 17.1 Å². The molecule has 3 aromatic carbocycles. The van der Waals surface area contributed by atoms with Crippen molar-refractivity contribution < 1.29 is 9.85 Å². The van der Waals surface area contributed by atoms with Crippen molar-refractivity contribution in [2.45, 2.75) is 25.8 Å². The first-order chi connectivity index (χ1) is 16.9. The summed E-state index contributed by atoms with van der Waals surface area (Å²) >= 11 is 0. The van der Waals surface area contributed by atoms with Gasteiger partial charge in [-0.05, 0) is 65.8 Å². The highest BCUT2D eigenvalue weighted by atomic mass is 16.6. The number of hydrogen-bond donors (Lipinski definition) is 0. The number of rotatable bonds is 5. The van der Waals surface area contributed by atoms with E-state index in [4.69, 9.17) is 5.10 Å². The summed E-state index contributed by atoms with van der Waals surface area (Å²) < 4.78 is 0. The van der Waals surface area contributed by atoms with Crippen molar-refractivity contribution in [2.24, 2.45) is 16.9 Å². The summed E-state index contributed by atoms with van der Waals surface area (Å²) in [5.41, 5.74) is 5.09. The van der Waals surface area contributed by atoms with Crippen LogP contribution in [-0.2, 0) is 0 Å². The average Bonchev–Trinajstić information content (AvgIpc) is 3.24. The van der Waals surface area contributed by atoms with Gasteiger partial charge >= 0.3 is 0 Å². The van der Waals surface area contributed by atoms with E-state index in [1.807, 2.05) is 47.5 Å². The molecule has 0 bridgehead atoms. The van der Waals surface area contributed by atoms with E-state index in [-0.39, 0.29) is 28.3 Å². The summed E-state index contributed by atoms with van der Waals surface area (Å²) in [5.74, 6) is 0.532. The molecule has 0 saturated heterocycles. The maximum absolute atomic E-state index is 11.2. The number of nitro groups is 2. The van der Waals surface area contributed by atoms with Crippen molar-refractivity contribution in [3.8, 4) is 0 Å². The van der Waals surface area contributed by atoms with Crippen LogP contribution in [0, 0.1) is 32.1 Å². The quantitative estimate of drug-likeness (QED) is 0.312. The number of hydrogen-bond acceptors (Lipinski definition) is 6. The molecule has 0 radical (unpaired) electrons. The number of hydrazone groups is 1. The molecule has 2 aliphatic rings. The second-order valence-electron chi connectivity index (χ2n) is 9.13. The molecule has 0 N–H and O–H groups in total. The number of nitrogens with zero attached hydrogens (tertiary/aromatic N) is 4. The number of nitro benzene ring substituents is 2. The van der Waals surface area contributed by atoms with E-state index in [1.54, 1.807) is 24.3 Å². The Morgan fingerprint density at radius 2 is 1.49 bits per heavy atom. The van der Waals surface area contributed by atoms with Crippen LogP contribution in [-0.4, -0.2) is 15.6 Å². The first kappa shape index (κ1) is 22.5. The van der Waals surface area contributed by atoms with Gasteiger partial charge in [0.25, 0.3) is 11.4 Å². The SMILES string of the molecule is C[C@@H]1C/C(=C/c2ccc([N+](=O)[O-])cc2)C2=NN(c3ccccc3)[C@H](c3ccc([N+](=O)[O-])cc3)[C@H]2C1. The number of benzene rings is 3. The molecule has 0 amide bonds. The van der Waals surface area contributed by atoms with Crippen molar-refractivity contribution in [3.05, 3.63) is 116 Å². The molecule has 1 heterocycles. The zero-order chi connectivity index (χ0) is 24.5. The highest BCUT2D eigenvalue weighted by Gasteiger charge is 2.43. The topological polar surface area (TPSA) is 102 Å². The van der Waals surface area contributed by atoms with Crippen molar-refractivity contribution in [1.82, 2.24) is 0 Å². The Morgan fingerprint density at radius 1 is 0.886 bits per heavy atom. The van der Waals surface area contributed by atoms with Gasteiger partial charge in [0, 0.05) is 30.2 Å². The Labute approximate surface area is 202 Å². The van der Waals surface area contributed by atoms with E-state index in [0.717, 1.165) is 40.9 Å². The molecule has 0 unspecified atom stereocenters. The van der Waals surface area contributed by atoms with Gasteiger partial charge in [-0.15, -0.1) is 0 Å². The lowest BCUT2D eigenvalue weighted by atomic mass is 9.73. The van der Waals surface area contributed by atoms with Crippen LogP contribution in [0.5, 0.6) is 0 Å². The Hall–Kier alpha value is -4.33. The molecule has 1 aliphatic carbocycles. The van der Waals surface area contributed by atoms with Crippen LogP contribution in [0.1, 0.15) is 36.9 Å². The van der Waals surface area contributed by atoms with E-state index in [1.165, 1.54) is 12.1 Å². The molecule has 0 aromatic heterocycles. The van der Waals surface area contributed by atoms with Gasteiger partial charge in [0.1, 0.15) is 0 Å². The second-order valence-corrected chi connectivity index (χ2v) is 9.13. The fourth-order valence-electron chi connectivity index (χ4n) is 5.10. The van der Waals surface area contributed by atoms with Gasteiger partial charge in [0.15, 0.2) is 0 Å². The zero-order valence-corrected chi connectivity index (χ0v) is 19.2. The van der Waals surface area contributed by atoms with E-state index in [2.05, 4.69) is 13.0 Å². The number of anilines is 1. The van der Waals surface area contributed by atoms with Crippen LogP contribution < -0.4 is 5.01 Å². The Bertz CT molecular complexity index is 1320. The maximum Gasteiger partial charge on any atom is 0.269 e. The molecule has 8 nitrogen and oxygen atoms in total. The summed E-state index contributed by atoms with van der Waals surface area (Å²) in [6.07, 6.45) is 3.88. The minimum absolute atomic E-state index is 0.0636. The Morgan fingerprint density at radius 3 is 2.09 bits per heavy atom. The molecule has 1 saturated carbocycles. The fourth-order valence-corrected chi connectivity index (χ4v) is 5.10. The van der Waals surface area contributed by atoms with Crippen molar-refractivity contribution in [1.29, 1.82) is 0 Å². The number of non-ortho nitro benzene ring substituents is 2. The Balaban J connectivity index is 1.57. The third-order valence-corrected chi connectivity index (χ3v) is 6.68. The van der Waals surface area contributed by atoms with Crippen LogP contribution in [0.15, 0.2) is 89.5 Å². The van der Waals surface area contributed by atoms with Gasteiger partial charge in [-0.3, -0.25) is 25.2 Å². The molecule has 3 aromatic rings. The summed E-state index contributed by atoms with van der Waals surface area (Å²) in [6, 6.07) is 23.2. The van der Waals surface area contributed by atoms with Crippen LogP contribution in [0.25, 0.3) is 6.08 Å². The predicted octanol–water partition coefficient (Wildman–Crippen LogP) is 6.55. The lowest BCUT2D eigenvalue weighted by molar-refractivity contribution is -0.385. The van der Waals surface area contributed by atoms with Gasteiger partial charge in [-0.1, -0.05) is 37.3 Å². The van der Waals surface area contributed by atoms with Gasteiger partial charge < -0.3 is 0 Å². The van der Waals surface area contributed by atoms with Gasteiger partial charge in [0.05, 0.1) is 27.3 Å². The van der Waals surface area contributed by atoms with E-state index in [9.17, 15) is 20.2 Å². The molecule has 8 heteroatoms. The normalized spacial score (nSPS) is 22.5.